The molecule has 0 bridgehead atoms. The van der Waals surface area contributed by atoms with E-state index in [1.807, 2.05) is 44.2 Å². The van der Waals surface area contributed by atoms with Gasteiger partial charge in [-0.3, -0.25) is 14.5 Å². The van der Waals surface area contributed by atoms with Crippen LogP contribution in [0.3, 0.4) is 0 Å². The Labute approximate surface area is 151 Å². The maximum atomic E-state index is 12.5. The zero-order valence-electron chi connectivity index (χ0n) is 14.8. The Hall–Kier alpha value is -2.96. The van der Waals surface area contributed by atoms with Gasteiger partial charge in [0, 0.05) is 5.39 Å². The molecule has 3 amide bonds. The number of carbonyl (C=O) groups is 3. The van der Waals surface area contributed by atoms with Crippen molar-refractivity contribution in [1.82, 2.24) is 15.2 Å². The third kappa shape index (κ3) is 3.24. The van der Waals surface area contributed by atoms with Gasteiger partial charge in [0.25, 0.3) is 5.91 Å². The van der Waals surface area contributed by atoms with E-state index in [-0.39, 0.29) is 12.5 Å². The van der Waals surface area contributed by atoms with E-state index >= 15 is 0 Å². The van der Waals surface area contributed by atoms with Crippen LogP contribution in [0.4, 0.5) is 4.79 Å². The van der Waals surface area contributed by atoms with E-state index in [0.717, 1.165) is 15.8 Å². The van der Waals surface area contributed by atoms with Crippen LogP contribution in [0.2, 0.25) is 0 Å². The van der Waals surface area contributed by atoms with E-state index in [2.05, 4.69) is 10.3 Å². The fraction of sp³-hybridized carbons (Fsp3) is 0.368. The normalized spacial score (nSPS) is 16.0. The molecule has 136 valence electrons. The SMILES string of the molecule is CCC1(CC)NC(=O)N(CC(=O)OCc2ccc3ccccc3n2)C1=O. The molecule has 0 aliphatic carbocycles. The molecule has 2 aromatic rings. The van der Waals surface area contributed by atoms with E-state index in [0.29, 0.717) is 18.5 Å². The number of rotatable bonds is 6. The molecule has 1 saturated heterocycles. The van der Waals surface area contributed by atoms with Crippen molar-refractivity contribution in [2.24, 2.45) is 0 Å². The highest BCUT2D eigenvalue weighted by Crippen LogP contribution is 2.24. The summed E-state index contributed by atoms with van der Waals surface area (Å²) in [5, 5.41) is 3.68. The van der Waals surface area contributed by atoms with Gasteiger partial charge < -0.3 is 10.1 Å². The number of amides is 3. The maximum absolute atomic E-state index is 12.5. The molecule has 1 aliphatic heterocycles. The number of aromatic nitrogens is 1. The van der Waals surface area contributed by atoms with Crippen LogP contribution in [0, 0.1) is 0 Å². The number of imide groups is 1. The molecule has 0 spiro atoms. The van der Waals surface area contributed by atoms with Gasteiger partial charge in [0.2, 0.25) is 0 Å². The lowest BCUT2D eigenvalue weighted by molar-refractivity contribution is -0.149. The molecule has 0 saturated carbocycles. The number of benzene rings is 1. The van der Waals surface area contributed by atoms with E-state index in [9.17, 15) is 14.4 Å². The summed E-state index contributed by atoms with van der Waals surface area (Å²) in [6, 6.07) is 10.8. The van der Waals surface area contributed by atoms with Crippen molar-refractivity contribution in [3.63, 3.8) is 0 Å². The first-order chi connectivity index (χ1) is 12.5. The standard InChI is InChI=1S/C19H21N3O4/c1-3-19(4-2)17(24)22(18(25)21-19)11-16(23)26-12-14-10-9-13-7-5-6-8-15(13)20-14/h5-10H,3-4,11-12H2,1-2H3,(H,21,25). The number of hydrogen-bond donors (Lipinski definition) is 1. The van der Waals surface area contributed by atoms with Crippen molar-refractivity contribution >= 4 is 28.8 Å². The van der Waals surface area contributed by atoms with Crippen LogP contribution in [0.1, 0.15) is 32.4 Å². The number of para-hydroxylation sites is 1. The minimum atomic E-state index is -0.919. The molecule has 1 N–H and O–H groups in total. The van der Waals surface area contributed by atoms with E-state index in [4.69, 9.17) is 4.74 Å². The average molecular weight is 355 g/mol. The summed E-state index contributed by atoms with van der Waals surface area (Å²) >= 11 is 0. The molecule has 7 heteroatoms. The largest absolute Gasteiger partial charge is 0.458 e. The minimum Gasteiger partial charge on any atom is -0.458 e. The Balaban J connectivity index is 1.61. The van der Waals surface area contributed by atoms with Crippen molar-refractivity contribution in [3.05, 3.63) is 42.1 Å². The van der Waals surface area contributed by atoms with E-state index < -0.39 is 24.1 Å². The Kier molecular flexibility index (Phi) is 4.88. The molecule has 1 aromatic carbocycles. The molecule has 0 radical (unpaired) electrons. The molecule has 1 aliphatic rings. The lowest BCUT2D eigenvalue weighted by atomic mass is 9.93. The van der Waals surface area contributed by atoms with Crippen LogP contribution in [0.15, 0.2) is 36.4 Å². The van der Waals surface area contributed by atoms with Gasteiger partial charge in [-0.15, -0.1) is 0 Å². The van der Waals surface area contributed by atoms with Crippen molar-refractivity contribution < 1.29 is 19.1 Å². The number of fused-ring (bicyclic) bond motifs is 1. The number of nitrogens with one attached hydrogen (secondary N) is 1. The Morgan fingerprint density at radius 1 is 1.15 bits per heavy atom. The van der Waals surface area contributed by atoms with Gasteiger partial charge in [-0.25, -0.2) is 9.78 Å². The molecule has 1 fully saturated rings. The first kappa shape index (κ1) is 17.8. The monoisotopic (exact) mass is 355 g/mol. The third-order valence-corrected chi connectivity index (χ3v) is 4.78. The summed E-state index contributed by atoms with van der Waals surface area (Å²) in [6.07, 6.45) is 0.946. The van der Waals surface area contributed by atoms with Crippen molar-refractivity contribution in [2.45, 2.75) is 38.8 Å². The number of urea groups is 1. The fourth-order valence-electron chi connectivity index (χ4n) is 3.07. The molecule has 0 atom stereocenters. The van der Waals surface area contributed by atoms with Crippen LogP contribution < -0.4 is 5.32 Å². The summed E-state index contributed by atoms with van der Waals surface area (Å²) in [5.41, 5.74) is 0.494. The lowest BCUT2D eigenvalue weighted by Gasteiger charge is -2.22. The quantitative estimate of drug-likeness (QED) is 0.635. The lowest BCUT2D eigenvalue weighted by Crippen LogP contribution is -2.46. The number of ether oxygens (including phenoxy) is 1. The molecule has 0 unspecified atom stereocenters. The molecule has 7 nitrogen and oxygen atoms in total. The first-order valence-corrected chi connectivity index (χ1v) is 8.63. The van der Waals surface area contributed by atoms with Gasteiger partial charge in [-0.2, -0.15) is 0 Å². The van der Waals surface area contributed by atoms with Gasteiger partial charge in [0.15, 0.2) is 0 Å². The first-order valence-electron chi connectivity index (χ1n) is 8.63. The maximum Gasteiger partial charge on any atom is 0.326 e. The second-order valence-electron chi connectivity index (χ2n) is 6.27. The predicted molar refractivity (Wildman–Crippen MR) is 95.1 cm³/mol. The second kappa shape index (κ2) is 7.11. The van der Waals surface area contributed by atoms with Crippen molar-refractivity contribution in [1.29, 1.82) is 0 Å². The number of pyridine rings is 1. The minimum absolute atomic E-state index is 0.0139. The topological polar surface area (TPSA) is 88.6 Å². The van der Waals surface area contributed by atoms with Gasteiger partial charge in [0.05, 0.1) is 11.2 Å². The summed E-state index contributed by atoms with van der Waals surface area (Å²) in [5.74, 6) is -1.03. The Morgan fingerprint density at radius 2 is 1.88 bits per heavy atom. The van der Waals surface area contributed by atoms with Gasteiger partial charge >= 0.3 is 12.0 Å². The van der Waals surface area contributed by atoms with Crippen LogP contribution in [-0.4, -0.2) is 39.9 Å². The average Bonchev–Trinajstić information content (AvgIpc) is 2.91. The van der Waals surface area contributed by atoms with Crippen LogP contribution >= 0.6 is 0 Å². The Bertz CT molecular complexity index is 861. The van der Waals surface area contributed by atoms with Crippen molar-refractivity contribution in [3.8, 4) is 0 Å². The highest BCUT2D eigenvalue weighted by atomic mass is 16.5. The summed E-state index contributed by atoms with van der Waals surface area (Å²) in [7, 11) is 0. The van der Waals surface area contributed by atoms with Crippen molar-refractivity contribution in [2.75, 3.05) is 6.54 Å². The van der Waals surface area contributed by atoms with Gasteiger partial charge in [-0.05, 0) is 25.0 Å². The zero-order chi connectivity index (χ0) is 18.7. The molecular weight excluding hydrogens is 334 g/mol. The highest BCUT2D eigenvalue weighted by Gasteiger charge is 2.49. The molecule has 26 heavy (non-hydrogen) atoms. The smallest absolute Gasteiger partial charge is 0.326 e. The third-order valence-electron chi connectivity index (χ3n) is 4.78. The number of nitrogens with zero attached hydrogens (tertiary/aromatic N) is 2. The summed E-state index contributed by atoms with van der Waals surface area (Å²) in [4.78, 5) is 42.0. The molecule has 3 rings (SSSR count). The van der Waals surface area contributed by atoms with Gasteiger partial charge in [-0.1, -0.05) is 38.1 Å². The van der Waals surface area contributed by atoms with Crippen LogP contribution in [0.5, 0.6) is 0 Å². The van der Waals surface area contributed by atoms with E-state index in [1.165, 1.54) is 0 Å². The zero-order valence-corrected chi connectivity index (χ0v) is 14.8. The van der Waals surface area contributed by atoms with E-state index in [1.54, 1.807) is 6.07 Å². The second-order valence-corrected chi connectivity index (χ2v) is 6.27. The van der Waals surface area contributed by atoms with Gasteiger partial charge in [0.1, 0.15) is 18.7 Å². The number of carbonyl (C=O) groups excluding carboxylic acids is 3. The fourth-order valence-corrected chi connectivity index (χ4v) is 3.07. The van der Waals surface area contributed by atoms with Crippen LogP contribution in [0.25, 0.3) is 10.9 Å². The molecular formula is C19H21N3O4. The molecule has 2 heterocycles. The number of hydrogen-bond acceptors (Lipinski definition) is 5. The Morgan fingerprint density at radius 3 is 2.58 bits per heavy atom. The summed E-state index contributed by atoms with van der Waals surface area (Å²) in [6.45, 7) is 3.24. The summed E-state index contributed by atoms with van der Waals surface area (Å²) < 4.78 is 5.20. The number of esters is 1. The highest BCUT2D eigenvalue weighted by molar-refractivity contribution is 6.08. The molecule has 1 aromatic heterocycles. The van der Waals surface area contributed by atoms with Crippen LogP contribution in [-0.2, 0) is 20.9 Å². The predicted octanol–water partition coefficient (Wildman–Crippen LogP) is 2.39.